The second-order valence-electron chi connectivity index (χ2n) is 3.71. The molecule has 1 aromatic heterocycles. The average Bonchev–Trinajstić information content (AvgIpc) is 2.23. The fraction of sp³-hybridized carbons (Fsp3) is 0.154. The maximum Gasteiger partial charge on any atom is 0.0349 e. The molecule has 0 saturated heterocycles. The van der Waals surface area contributed by atoms with Gasteiger partial charge in [0.1, 0.15) is 0 Å². The van der Waals surface area contributed by atoms with E-state index in [1.54, 1.807) is 0 Å². The summed E-state index contributed by atoms with van der Waals surface area (Å²) < 4.78 is 0. The van der Waals surface area contributed by atoms with Crippen LogP contribution in [0.2, 0.25) is 0 Å². The van der Waals surface area contributed by atoms with E-state index in [-0.39, 0.29) is 0 Å². The predicted molar refractivity (Wildman–Crippen MR) is 63.6 cm³/mol. The Kier molecular flexibility index (Phi) is 2.42. The minimum Gasteiger partial charge on any atom is -0.398 e. The first-order valence-corrected chi connectivity index (χ1v) is 4.96. The molecule has 0 spiro atoms. The summed E-state index contributed by atoms with van der Waals surface area (Å²) in [5.74, 6) is 0. The van der Waals surface area contributed by atoms with E-state index < -0.39 is 0 Å². The molecule has 0 aliphatic heterocycles. The van der Waals surface area contributed by atoms with Crippen molar-refractivity contribution in [1.82, 2.24) is 4.98 Å². The summed E-state index contributed by atoms with van der Waals surface area (Å²) in [5, 5.41) is 0. The molecule has 0 unspecified atom stereocenters. The highest BCUT2D eigenvalue weighted by Gasteiger charge is 2.05. The number of anilines is 1. The van der Waals surface area contributed by atoms with Crippen molar-refractivity contribution in [1.29, 1.82) is 0 Å². The maximum atomic E-state index is 5.89. The molecule has 0 bridgehead atoms. The number of hydrogen-bond donors (Lipinski definition) is 1. The van der Waals surface area contributed by atoms with Crippen LogP contribution >= 0.6 is 0 Å². The van der Waals surface area contributed by atoms with Crippen molar-refractivity contribution < 1.29 is 0 Å². The Morgan fingerprint density at radius 2 is 1.87 bits per heavy atom. The van der Waals surface area contributed by atoms with Crippen LogP contribution in [0.25, 0.3) is 11.1 Å². The number of rotatable bonds is 1. The molecule has 0 saturated carbocycles. The number of hydrogen-bond acceptors (Lipinski definition) is 2. The normalized spacial score (nSPS) is 10.3. The Morgan fingerprint density at radius 3 is 2.60 bits per heavy atom. The fourth-order valence-corrected chi connectivity index (χ4v) is 1.72. The quantitative estimate of drug-likeness (QED) is 0.715. The van der Waals surface area contributed by atoms with Crippen molar-refractivity contribution in [2.75, 3.05) is 5.73 Å². The first-order valence-electron chi connectivity index (χ1n) is 4.96. The van der Waals surface area contributed by atoms with Gasteiger partial charge in [-0.2, -0.15) is 0 Å². The first-order chi connectivity index (χ1) is 7.20. The lowest BCUT2D eigenvalue weighted by Gasteiger charge is -2.10. The van der Waals surface area contributed by atoms with Gasteiger partial charge in [-0.25, -0.2) is 0 Å². The molecule has 0 aliphatic rings. The third-order valence-electron chi connectivity index (χ3n) is 2.69. The predicted octanol–water partition coefficient (Wildman–Crippen LogP) is 2.95. The highest BCUT2D eigenvalue weighted by molar-refractivity contribution is 5.74. The van der Waals surface area contributed by atoms with Crippen molar-refractivity contribution >= 4 is 5.69 Å². The van der Waals surface area contributed by atoms with Gasteiger partial charge in [0.15, 0.2) is 0 Å². The van der Waals surface area contributed by atoms with Crippen LogP contribution < -0.4 is 5.73 Å². The third kappa shape index (κ3) is 1.71. The van der Waals surface area contributed by atoms with Crippen molar-refractivity contribution in [3.8, 4) is 11.1 Å². The van der Waals surface area contributed by atoms with Gasteiger partial charge in [-0.05, 0) is 48.2 Å². The zero-order valence-corrected chi connectivity index (χ0v) is 8.99. The standard InChI is InChI=1S/C13H14N2/c1-9-8-15-7-6-11(9)12-4-3-5-13(14)10(12)2/h3-8H,14H2,1-2H3. The van der Waals surface area contributed by atoms with Gasteiger partial charge in [0.25, 0.3) is 0 Å². The first kappa shape index (κ1) is 9.71. The number of aryl methyl sites for hydroxylation is 1. The molecule has 0 aliphatic carbocycles. The zero-order chi connectivity index (χ0) is 10.8. The summed E-state index contributed by atoms with van der Waals surface area (Å²) in [4.78, 5) is 4.09. The third-order valence-corrected chi connectivity index (χ3v) is 2.69. The molecule has 15 heavy (non-hydrogen) atoms. The molecule has 2 heteroatoms. The summed E-state index contributed by atoms with van der Waals surface area (Å²) in [6.45, 7) is 4.11. The summed E-state index contributed by atoms with van der Waals surface area (Å²) in [5.41, 5.74) is 11.4. The summed E-state index contributed by atoms with van der Waals surface area (Å²) in [6, 6.07) is 8.03. The minimum absolute atomic E-state index is 0.837. The van der Waals surface area contributed by atoms with Crippen LogP contribution in [-0.4, -0.2) is 4.98 Å². The number of benzene rings is 1. The van der Waals surface area contributed by atoms with Gasteiger partial charge in [-0.15, -0.1) is 0 Å². The lowest BCUT2D eigenvalue weighted by atomic mass is 9.97. The number of pyridine rings is 1. The van der Waals surface area contributed by atoms with Crippen LogP contribution in [0.3, 0.4) is 0 Å². The monoisotopic (exact) mass is 198 g/mol. The van der Waals surface area contributed by atoms with Gasteiger partial charge < -0.3 is 5.73 Å². The Bertz CT molecular complexity index is 490. The Hall–Kier alpha value is -1.83. The van der Waals surface area contributed by atoms with E-state index in [9.17, 15) is 0 Å². The molecule has 0 amide bonds. The van der Waals surface area contributed by atoms with Crippen LogP contribution in [0.1, 0.15) is 11.1 Å². The van der Waals surface area contributed by atoms with Crippen LogP contribution in [0.4, 0.5) is 5.69 Å². The van der Waals surface area contributed by atoms with Gasteiger partial charge in [0.2, 0.25) is 0 Å². The number of nitrogens with two attached hydrogens (primary N) is 1. The van der Waals surface area contributed by atoms with Gasteiger partial charge in [0, 0.05) is 18.1 Å². The second kappa shape index (κ2) is 3.73. The number of aromatic nitrogens is 1. The van der Waals surface area contributed by atoms with E-state index in [4.69, 9.17) is 5.73 Å². The molecule has 1 aromatic carbocycles. The lowest BCUT2D eigenvalue weighted by molar-refractivity contribution is 1.26. The van der Waals surface area contributed by atoms with Crippen molar-refractivity contribution in [2.24, 2.45) is 0 Å². The molecule has 0 atom stereocenters. The van der Waals surface area contributed by atoms with Crippen molar-refractivity contribution in [3.05, 3.63) is 47.8 Å². The van der Waals surface area contributed by atoms with Crippen molar-refractivity contribution in [3.63, 3.8) is 0 Å². The van der Waals surface area contributed by atoms with Crippen LogP contribution in [0, 0.1) is 13.8 Å². The highest BCUT2D eigenvalue weighted by Crippen LogP contribution is 2.28. The highest BCUT2D eigenvalue weighted by atomic mass is 14.6. The lowest BCUT2D eigenvalue weighted by Crippen LogP contribution is -1.93. The fourth-order valence-electron chi connectivity index (χ4n) is 1.72. The molecule has 76 valence electrons. The molecule has 2 rings (SSSR count). The average molecular weight is 198 g/mol. The Balaban J connectivity index is 2.65. The van der Waals surface area contributed by atoms with E-state index >= 15 is 0 Å². The Morgan fingerprint density at radius 1 is 1.07 bits per heavy atom. The van der Waals surface area contributed by atoms with E-state index in [1.807, 2.05) is 37.5 Å². The zero-order valence-electron chi connectivity index (χ0n) is 8.99. The van der Waals surface area contributed by atoms with Gasteiger partial charge in [-0.1, -0.05) is 12.1 Å². The second-order valence-corrected chi connectivity index (χ2v) is 3.71. The molecule has 0 fully saturated rings. The minimum atomic E-state index is 0.837. The van der Waals surface area contributed by atoms with Crippen molar-refractivity contribution in [2.45, 2.75) is 13.8 Å². The molecular formula is C13H14N2. The molecule has 2 aromatic rings. The van der Waals surface area contributed by atoms with Crippen LogP contribution in [0.5, 0.6) is 0 Å². The van der Waals surface area contributed by atoms with Crippen LogP contribution in [0.15, 0.2) is 36.7 Å². The Labute approximate surface area is 89.8 Å². The maximum absolute atomic E-state index is 5.89. The molecule has 1 heterocycles. The smallest absolute Gasteiger partial charge is 0.0349 e. The van der Waals surface area contributed by atoms with E-state index in [0.717, 1.165) is 11.3 Å². The SMILES string of the molecule is Cc1cnccc1-c1cccc(N)c1C. The summed E-state index contributed by atoms with van der Waals surface area (Å²) >= 11 is 0. The largest absolute Gasteiger partial charge is 0.398 e. The van der Waals surface area contributed by atoms with E-state index in [0.29, 0.717) is 0 Å². The van der Waals surface area contributed by atoms with E-state index in [2.05, 4.69) is 18.0 Å². The van der Waals surface area contributed by atoms with Gasteiger partial charge in [-0.3, -0.25) is 4.98 Å². The molecule has 2 N–H and O–H groups in total. The van der Waals surface area contributed by atoms with Gasteiger partial charge in [0.05, 0.1) is 0 Å². The topological polar surface area (TPSA) is 38.9 Å². The molecule has 2 nitrogen and oxygen atoms in total. The van der Waals surface area contributed by atoms with Gasteiger partial charge >= 0.3 is 0 Å². The van der Waals surface area contributed by atoms with Crippen LogP contribution in [-0.2, 0) is 0 Å². The van der Waals surface area contributed by atoms with E-state index in [1.165, 1.54) is 16.7 Å². The molecule has 0 radical (unpaired) electrons. The number of nitrogen functional groups attached to an aromatic ring is 1. The summed E-state index contributed by atoms with van der Waals surface area (Å²) in [7, 11) is 0. The molecular weight excluding hydrogens is 184 g/mol. The number of nitrogens with zero attached hydrogens (tertiary/aromatic N) is 1. The summed E-state index contributed by atoms with van der Waals surface area (Å²) in [6.07, 6.45) is 3.68.